The van der Waals surface area contributed by atoms with Gasteiger partial charge in [0.1, 0.15) is 0 Å². The smallest absolute Gasteiger partial charge is 0.0595 e. The van der Waals surface area contributed by atoms with Crippen LogP contribution in [0.15, 0.2) is 24.3 Å². The Bertz CT molecular complexity index is 431. The van der Waals surface area contributed by atoms with Crippen LogP contribution in [0.1, 0.15) is 44.7 Å². The largest absolute Gasteiger partial charge is 0.381 e. The Morgan fingerprint density at radius 3 is 2.48 bits per heavy atom. The monoisotopic (exact) mass is 290 g/mol. The molecule has 1 N–H and O–H groups in total. The van der Waals surface area contributed by atoms with Crippen LogP contribution in [0.3, 0.4) is 0 Å². The first-order chi connectivity index (χ1) is 9.96. The molecule has 1 fully saturated rings. The second-order valence-electron chi connectivity index (χ2n) is 7.13. The number of rotatable bonds is 5. The first kappa shape index (κ1) is 16.5. The van der Waals surface area contributed by atoms with E-state index in [1.54, 1.807) is 0 Å². The summed E-state index contributed by atoms with van der Waals surface area (Å²) in [4.78, 5) is 2.53. The zero-order valence-corrected chi connectivity index (χ0v) is 14.0. The molecule has 1 aliphatic heterocycles. The van der Waals surface area contributed by atoms with E-state index in [9.17, 15) is 0 Å². The van der Waals surface area contributed by atoms with E-state index >= 15 is 0 Å². The summed E-state index contributed by atoms with van der Waals surface area (Å²) in [6, 6.07) is 8.96. The number of nitrogens with zero attached hydrogens (tertiary/aromatic N) is 1. The van der Waals surface area contributed by atoms with E-state index in [0.29, 0.717) is 6.10 Å². The molecular formula is C18H30N2O. The van der Waals surface area contributed by atoms with Crippen molar-refractivity contribution in [2.45, 2.75) is 58.3 Å². The summed E-state index contributed by atoms with van der Waals surface area (Å²) in [6.07, 6.45) is 2.77. The molecule has 21 heavy (non-hydrogen) atoms. The maximum atomic E-state index is 5.44. The quantitative estimate of drug-likeness (QED) is 0.901. The molecule has 0 bridgehead atoms. The second-order valence-corrected chi connectivity index (χ2v) is 7.13. The van der Waals surface area contributed by atoms with E-state index in [1.807, 2.05) is 7.11 Å². The van der Waals surface area contributed by atoms with Gasteiger partial charge in [-0.05, 0) is 44.7 Å². The molecule has 118 valence electrons. The third-order valence-electron chi connectivity index (χ3n) is 4.09. The summed E-state index contributed by atoms with van der Waals surface area (Å²) in [5.74, 6) is 0. The Morgan fingerprint density at radius 1 is 1.19 bits per heavy atom. The minimum absolute atomic E-state index is 0.165. The number of ether oxygens (including phenoxy) is 1. The fraction of sp³-hybridized carbons (Fsp3) is 0.667. The van der Waals surface area contributed by atoms with Crippen molar-refractivity contribution in [1.82, 2.24) is 10.2 Å². The van der Waals surface area contributed by atoms with Gasteiger partial charge in [-0.2, -0.15) is 0 Å². The topological polar surface area (TPSA) is 24.5 Å². The Hall–Kier alpha value is -0.900. The van der Waals surface area contributed by atoms with E-state index in [-0.39, 0.29) is 5.54 Å². The van der Waals surface area contributed by atoms with Crippen molar-refractivity contribution in [3.05, 3.63) is 35.4 Å². The molecule has 2 rings (SSSR count). The third-order valence-corrected chi connectivity index (χ3v) is 4.09. The molecule has 3 heteroatoms. The molecule has 0 spiro atoms. The maximum Gasteiger partial charge on any atom is 0.0595 e. The van der Waals surface area contributed by atoms with Crippen molar-refractivity contribution in [2.24, 2.45) is 0 Å². The van der Waals surface area contributed by atoms with Gasteiger partial charge in [-0.25, -0.2) is 0 Å². The zero-order chi connectivity index (χ0) is 15.3. The molecule has 0 amide bonds. The molecule has 1 saturated heterocycles. The minimum atomic E-state index is 0.165. The molecular weight excluding hydrogens is 260 g/mol. The number of nitrogens with one attached hydrogen (secondary N) is 1. The lowest BCUT2D eigenvalue weighted by molar-refractivity contribution is 0.0388. The standard InChI is InChI=1S/C18H30N2O/c1-18(2,3)19-13-15-6-5-7-16(12-15)14-20-10-8-17(21-4)9-11-20/h5-7,12,17,19H,8-11,13-14H2,1-4H3. The average molecular weight is 290 g/mol. The zero-order valence-electron chi connectivity index (χ0n) is 14.0. The number of likely N-dealkylation sites (tertiary alicyclic amines) is 1. The fourth-order valence-electron chi connectivity index (χ4n) is 2.77. The maximum absolute atomic E-state index is 5.44. The van der Waals surface area contributed by atoms with E-state index in [2.05, 4.69) is 55.3 Å². The Morgan fingerprint density at radius 2 is 1.86 bits per heavy atom. The molecule has 0 aliphatic carbocycles. The van der Waals surface area contributed by atoms with Crippen LogP contribution in [0.25, 0.3) is 0 Å². The lowest BCUT2D eigenvalue weighted by Crippen LogP contribution is -2.36. The number of hydrogen-bond acceptors (Lipinski definition) is 3. The predicted octanol–water partition coefficient (Wildman–Crippen LogP) is 3.19. The van der Waals surface area contributed by atoms with Gasteiger partial charge in [-0.1, -0.05) is 24.3 Å². The Labute approximate surface area is 129 Å². The van der Waals surface area contributed by atoms with Crippen LogP contribution in [0.5, 0.6) is 0 Å². The van der Waals surface area contributed by atoms with Crippen LogP contribution in [0.2, 0.25) is 0 Å². The fourth-order valence-corrected chi connectivity index (χ4v) is 2.77. The summed E-state index contributed by atoms with van der Waals surface area (Å²) >= 11 is 0. The number of benzene rings is 1. The molecule has 0 saturated carbocycles. The van der Waals surface area contributed by atoms with Crippen molar-refractivity contribution in [2.75, 3.05) is 20.2 Å². The molecule has 0 radical (unpaired) electrons. The van der Waals surface area contributed by atoms with Gasteiger partial charge in [-0.3, -0.25) is 4.90 Å². The van der Waals surface area contributed by atoms with Crippen LogP contribution >= 0.6 is 0 Å². The Balaban J connectivity index is 1.86. The highest BCUT2D eigenvalue weighted by atomic mass is 16.5. The van der Waals surface area contributed by atoms with Gasteiger partial charge in [0.05, 0.1) is 6.10 Å². The van der Waals surface area contributed by atoms with Crippen molar-refractivity contribution < 1.29 is 4.74 Å². The molecule has 3 nitrogen and oxygen atoms in total. The normalized spacial score (nSPS) is 18.1. The molecule has 1 aromatic carbocycles. The molecule has 1 heterocycles. The Kier molecular flexibility index (Phi) is 5.80. The van der Waals surface area contributed by atoms with Gasteiger partial charge in [-0.15, -0.1) is 0 Å². The molecule has 0 atom stereocenters. The van der Waals surface area contributed by atoms with Gasteiger partial charge < -0.3 is 10.1 Å². The van der Waals surface area contributed by atoms with E-state index < -0.39 is 0 Å². The minimum Gasteiger partial charge on any atom is -0.381 e. The summed E-state index contributed by atoms with van der Waals surface area (Å²) < 4.78 is 5.44. The number of hydrogen-bond donors (Lipinski definition) is 1. The lowest BCUT2D eigenvalue weighted by atomic mass is 10.0. The first-order valence-electron chi connectivity index (χ1n) is 8.04. The second kappa shape index (κ2) is 7.39. The SMILES string of the molecule is COC1CCN(Cc2cccc(CNC(C)(C)C)c2)CC1. The van der Waals surface area contributed by atoms with Gasteiger partial charge in [0.25, 0.3) is 0 Å². The van der Waals surface area contributed by atoms with Crippen LogP contribution < -0.4 is 5.32 Å². The summed E-state index contributed by atoms with van der Waals surface area (Å²) in [7, 11) is 1.83. The molecule has 0 aromatic heterocycles. The summed E-state index contributed by atoms with van der Waals surface area (Å²) in [5, 5.41) is 3.55. The highest BCUT2D eigenvalue weighted by Gasteiger charge is 2.18. The van der Waals surface area contributed by atoms with E-state index in [0.717, 1.165) is 39.0 Å². The van der Waals surface area contributed by atoms with Crippen molar-refractivity contribution in [1.29, 1.82) is 0 Å². The number of methoxy groups -OCH3 is 1. The lowest BCUT2D eigenvalue weighted by Gasteiger charge is -2.31. The highest BCUT2D eigenvalue weighted by molar-refractivity contribution is 5.23. The molecule has 1 aromatic rings. The van der Waals surface area contributed by atoms with E-state index in [4.69, 9.17) is 4.74 Å². The highest BCUT2D eigenvalue weighted by Crippen LogP contribution is 2.16. The van der Waals surface area contributed by atoms with Gasteiger partial charge in [0.2, 0.25) is 0 Å². The molecule has 0 unspecified atom stereocenters. The number of piperidine rings is 1. The summed E-state index contributed by atoms with van der Waals surface area (Å²) in [6.45, 7) is 10.9. The van der Waals surface area contributed by atoms with Gasteiger partial charge in [0, 0.05) is 38.8 Å². The van der Waals surface area contributed by atoms with Gasteiger partial charge >= 0.3 is 0 Å². The first-order valence-corrected chi connectivity index (χ1v) is 8.04. The molecule has 1 aliphatic rings. The van der Waals surface area contributed by atoms with Crippen molar-refractivity contribution in [3.8, 4) is 0 Å². The van der Waals surface area contributed by atoms with E-state index in [1.165, 1.54) is 11.1 Å². The van der Waals surface area contributed by atoms with Gasteiger partial charge in [0.15, 0.2) is 0 Å². The van der Waals surface area contributed by atoms with Crippen LogP contribution in [-0.4, -0.2) is 36.7 Å². The predicted molar refractivity (Wildman–Crippen MR) is 88.3 cm³/mol. The average Bonchev–Trinajstić information content (AvgIpc) is 2.46. The third kappa shape index (κ3) is 5.77. The van der Waals surface area contributed by atoms with Crippen LogP contribution in [-0.2, 0) is 17.8 Å². The van der Waals surface area contributed by atoms with Crippen molar-refractivity contribution in [3.63, 3.8) is 0 Å². The summed E-state index contributed by atoms with van der Waals surface area (Å²) in [5.41, 5.74) is 2.95. The van der Waals surface area contributed by atoms with Crippen LogP contribution in [0.4, 0.5) is 0 Å². The van der Waals surface area contributed by atoms with Crippen molar-refractivity contribution >= 4 is 0 Å². The van der Waals surface area contributed by atoms with Crippen LogP contribution in [0, 0.1) is 0 Å².